The highest BCUT2D eigenvalue weighted by molar-refractivity contribution is 7.89. The number of hydrogen-bond donors (Lipinski definition) is 2. The first-order valence-electron chi connectivity index (χ1n) is 8.85. The molecule has 3 rings (SSSR count). The highest BCUT2D eigenvalue weighted by Crippen LogP contribution is 2.31. The van der Waals surface area contributed by atoms with Gasteiger partial charge in [0, 0.05) is 37.0 Å². The molecule has 0 spiro atoms. The molecule has 150 valence electrons. The van der Waals surface area contributed by atoms with Crippen LogP contribution in [0.5, 0.6) is 11.5 Å². The fourth-order valence-electron chi connectivity index (χ4n) is 2.62. The van der Waals surface area contributed by atoms with Crippen molar-refractivity contribution in [1.29, 1.82) is 0 Å². The van der Waals surface area contributed by atoms with Gasteiger partial charge in [-0.1, -0.05) is 29.8 Å². The molecular formula is C19H21ClN2O5S. The molecule has 9 heteroatoms. The van der Waals surface area contributed by atoms with Crippen molar-refractivity contribution < 1.29 is 22.7 Å². The Labute approximate surface area is 169 Å². The lowest BCUT2D eigenvalue weighted by atomic mass is 10.2. The third kappa shape index (κ3) is 5.37. The topological polar surface area (TPSA) is 93.7 Å². The van der Waals surface area contributed by atoms with Gasteiger partial charge in [-0.05, 0) is 23.8 Å². The van der Waals surface area contributed by atoms with Gasteiger partial charge in [-0.3, -0.25) is 4.79 Å². The SMILES string of the molecule is O=C(CCNS(=O)(=O)c1ccc2c(c1)OCCCO2)NCc1ccccc1Cl. The molecule has 0 unspecified atom stereocenters. The van der Waals surface area contributed by atoms with Crippen molar-refractivity contribution in [1.82, 2.24) is 10.0 Å². The maximum atomic E-state index is 12.5. The fraction of sp³-hybridized carbons (Fsp3) is 0.316. The molecule has 7 nitrogen and oxygen atoms in total. The van der Waals surface area contributed by atoms with Crippen molar-refractivity contribution in [3.8, 4) is 11.5 Å². The number of halogens is 1. The Morgan fingerprint density at radius 1 is 1.07 bits per heavy atom. The molecule has 0 bridgehead atoms. The maximum Gasteiger partial charge on any atom is 0.240 e. The van der Waals surface area contributed by atoms with Crippen molar-refractivity contribution in [3.63, 3.8) is 0 Å². The smallest absolute Gasteiger partial charge is 0.240 e. The molecule has 0 fully saturated rings. The average Bonchev–Trinajstić information content (AvgIpc) is 2.92. The Balaban J connectivity index is 1.51. The average molecular weight is 425 g/mol. The zero-order chi connectivity index (χ0) is 20.0. The van der Waals surface area contributed by atoms with E-state index in [4.69, 9.17) is 21.1 Å². The number of fused-ring (bicyclic) bond motifs is 1. The monoisotopic (exact) mass is 424 g/mol. The molecule has 0 aliphatic carbocycles. The highest BCUT2D eigenvalue weighted by Gasteiger charge is 2.19. The standard InChI is InChI=1S/C19H21ClN2O5S/c20-16-5-2-1-4-14(16)13-21-19(23)8-9-22-28(24,25)15-6-7-17-18(12-15)27-11-3-10-26-17/h1-2,4-7,12,22H,3,8-11,13H2,(H,21,23). The van der Waals surface area contributed by atoms with Crippen LogP contribution < -0.4 is 19.5 Å². The molecule has 1 heterocycles. The van der Waals surface area contributed by atoms with Gasteiger partial charge in [0.1, 0.15) is 0 Å². The molecule has 28 heavy (non-hydrogen) atoms. The minimum Gasteiger partial charge on any atom is -0.490 e. The lowest BCUT2D eigenvalue weighted by Crippen LogP contribution is -2.30. The number of ether oxygens (including phenoxy) is 2. The number of carbonyl (C=O) groups excluding carboxylic acids is 1. The van der Waals surface area contributed by atoms with E-state index in [2.05, 4.69) is 10.0 Å². The van der Waals surface area contributed by atoms with Crippen molar-refractivity contribution in [2.45, 2.75) is 24.3 Å². The van der Waals surface area contributed by atoms with E-state index in [-0.39, 0.29) is 30.3 Å². The van der Waals surface area contributed by atoms with Crippen LogP contribution in [0, 0.1) is 0 Å². The summed E-state index contributed by atoms with van der Waals surface area (Å²) in [5.41, 5.74) is 0.797. The molecule has 0 saturated carbocycles. The first kappa shape index (κ1) is 20.4. The zero-order valence-electron chi connectivity index (χ0n) is 15.1. The van der Waals surface area contributed by atoms with Gasteiger partial charge in [0.2, 0.25) is 15.9 Å². The number of rotatable bonds is 7. The van der Waals surface area contributed by atoms with Crippen molar-refractivity contribution in [2.24, 2.45) is 0 Å². The number of carbonyl (C=O) groups is 1. The minimum atomic E-state index is -3.76. The second kappa shape index (κ2) is 9.27. The number of nitrogens with one attached hydrogen (secondary N) is 2. The fourth-order valence-corrected chi connectivity index (χ4v) is 3.87. The van der Waals surface area contributed by atoms with Crippen LogP contribution in [0.3, 0.4) is 0 Å². The van der Waals surface area contributed by atoms with Crippen LogP contribution in [-0.4, -0.2) is 34.1 Å². The van der Waals surface area contributed by atoms with Gasteiger partial charge in [-0.15, -0.1) is 0 Å². The van der Waals surface area contributed by atoms with Crippen LogP contribution in [0.15, 0.2) is 47.4 Å². The Morgan fingerprint density at radius 2 is 1.82 bits per heavy atom. The van der Waals surface area contributed by atoms with Gasteiger partial charge in [0.25, 0.3) is 0 Å². The molecule has 1 aliphatic rings. The number of amides is 1. The van der Waals surface area contributed by atoms with E-state index < -0.39 is 10.0 Å². The first-order chi connectivity index (χ1) is 13.5. The van der Waals surface area contributed by atoms with Gasteiger partial charge in [0.05, 0.1) is 18.1 Å². The summed E-state index contributed by atoms with van der Waals surface area (Å²) in [6.45, 7) is 1.26. The zero-order valence-corrected chi connectivity index (χ0v) is 16.7. The quantitative estimate of drug-likeness (QED) is 0.712. The molecule has 0 aromatic heterocycles. The largest absolute Gasteiger partial charge is 0.490 e. The molecule has 2 aromatic carbocycles. The van der Waals surface area contributed by atoms with E-state index >= 15 is 0 Å². The summed E-state index contributed by atoms with van der Waals surface area (Å²) in [5, 5.41) is 3.29. The summed E-state index contributed by atoms with van der Waals surface area (Å²) in [4.78, 5) is 12.0. The number of hydrogen-bond acceptors (Lipinski definition) is 5. The van der Waals surface area contributed by atoms with Crippen LogP contribution in [-0.2, 0) is 21.4 Å². The molecule has 1 amide bonds. The van der Waals surface area contributed by atoms with Crippen molar-refractivity contribution in [3.05, 3.63) is 53.1 Å². The van der Waals surface area contributed by atoms with E-state index in [1.54, 1.807) is 12.1 Å². The lowest BCUT2D eigenvalue weighted by Gasteiger charge is -2.11. The Hall–Kier alpha value is -2.29. The summed E-state index contributed by atoms with van der Waals surface area (Å²) in [5.74, 6) is 0.648. The van der Waals surface area contributed by atoms with Gasteiger partial charge >= 0.3 is 0 Å². The van der Waals surface area contributed by atoms with Crippen molar-refractivity contribution in [2.75, 3.05) is 19.8 Å². The lowest BCUT2D eigenvalue weighted by molar-refractivity contribution is -0.121. The molecule has 2 aromatic rings. The van der Waals surface area contributed by atoms with E-state index in [1.165, 1.54) is 12.1 Å². The predicted octanol–water partition coefficient (Wildman–Crippen LogP) is 2.49. The Morgan fingerprint density at radius 3 is 2.61 bits per heavy atom. The minimum absolute atomic E-state index is 0.00817. The van der Waals surface area contributed by atoms with Crippen LogP contribution in [0.1, 0.15) is 18.4 Å². The van der Waals surface area contributed by atoms with Crippen LogP contribution in [0.2, 0.25) is 5.02 Å². The second-order valence-corrected chi connectivity index (χ2v) is 8.35. The first-order valence-corrected chi connectivity index (χ1v) is 10.7. The van der Waals surface area contributed by atoms with Gasteiger partial charge in [-0.25, -0.2) is 13.1 Å². The summed E-state index contributed by atoms with van der Waals surface area (Å²) >= 11 is 6.04. The molecule has 2 N–H and O–H groups in total. The Bertz CT molecular complexity index is 949. The van der Waals surface area contributed by atoms with E-state index in [9.17, 15) is 13.2 Å². The predicted molar refractivity (Wildman–Crippen MR) is 105 cm³/mol. The third-order valence-electron chi connectivity index (χ3n) is 4.11. The normalized spacial score (nSPS) is 13.6. The Kier molecular flexibility index (Phi) is 6.77. The molecular weight excluding hydrogens is 404 g/mol. The molecule has 0 radical (unpaired) electrons. The second-order valence-electron chi connectivity index (χ2n) is 6.17. The third-order valence-corrected chi connectivity index (χ3v) is 5.93. The van der Waals surface area contributed by atoms with E-state index in [0.29, 0.717) is 29.7 Å². The number of benzene rings is 2. The van der Waals surface area contributed by atoms with Crippen LogP contribution in [0.4, 0.5) is 0 Å². The van der Waals surface area contributed by atoms with Crippen LogP contribution >= 0.6 is 11.6 Å². The summed E-state index contributed by atoms with van der Waals surface area (Å²) in [7, 11) is -3.76. The van der Waals surface area contributed by atoms with Gasteiger partial charge in [-0.2, -0.15) is 0 Å². The van der Waals surface area contributed by atoms with E-state index in [0.717, 1.165) is 12.0 Å². The van der Waals surface area contributed by atoms with Crippen LogP contribution in [0.25, 0.3) is 0 Å². The van der Waals surface area contributed by atoms with Gasteiger partial charge < -0.3 is 14.8 Å². The molecule has 0 saturated heterocycles. The number of sulfonamides is 1. The van der Waals surface area contributed by atoms with Gasteiger partial charge in [0.15, 0.2) is 11.5 Å². The molecule has 0 atom stereocenters. The van der Waals surface area contributed by atoms with E-state index in [1.807, 2.05) is 18.2 Å². The summed E-state index contributed by atoms with van der Waals surface area (Å²) in [6, 6.07) is 11.7. The van der Waals surface area contributed by atoms with Crippen molar-refractivity contribution >= 4 is 27.5 Å². The maximum absolute atomic E-state index is 12.5. The molecule has 1 aliphatic heterocycles. The summed E-state index contributed by atoms with van der Waals surface area (Å²) in [6.07, 6.45) is 0.743. The highest BCUT2D eigenvalue weighted by atomic mass is 35.5. The summed E-state index contributed by atoms with van der Waals surface area (Å²) < 4.78 is 38.3.